The third-order valence-corrected chi connectivity index (χ3v) is 6.12. The zero-order valence-electron chi connectivity index (χ0n) is 17.6. The van der Waals surface area contributed by atoms with Crippen molar-refractivity contribution in [3.8, 4) is 23.0 Å². The maximum absolute atomic E-state index is 12.7. The molecule has 1 aliphatic heterocycles. The first-order valence-electron chi connectivity index (χ1n) is 9.62. The highest BCUT2D eigenvalue weighted by molar-refractivity contribution is 7.87. The van der Waals surface area contributed by atoms with Crippen LogP contribution in [0.25, 0.3) is 6.08 Å². The van der Waals surface area contributed by atoms with Crippen molar-refractivity contribution in [1.82, 2.24) is 0 Å². The maximum atomic E-state index is 12.7. The molecule has 0 fully saturated rings. The number of ether oxygens (including phenoxy) is 3. The highest BCUT2D eigenvalue weighted by Gasteiger charge is 2.28. The molecule has 1 aliphatic rings. The van der Waals surface area contributed by atoms with E-state index < -0.39 is 10.1 Å². The van der Waals surface area contributed by atoms with Crippen molar-refractivity contribution >= 4 is 22.0 Å². The topological polar surface area (TPSA) is 88.1 Å². The number of rotatable bonds is 6. The Kier molecular flexibility index (Phi) is 5.63. The number of hydrogen-bond donors (Lipinski definition) is 0. The Balaban J connectivity index is 1.58. The molecule has 0 unspecified atom stereocenters. The zero-order chi connectivity index (χ0) is 22.9. The summed E-state index contributed by atoms with van der Waals surface area (Å²) >= 11 is 0. The second kappa shape index (κ2) is 8.39. The van der Waals surface area contributed by atoms with Crippen LogP contribution in [0.4, 0.5) is 0 Å². The van der Waals surface area contributed by atoms with Crippen LogP contribution >= 0.6 is 0 Å². The van der Waals surface area contributed by atoms with Gasteiger partial charge in [-0.3, -0.25) is 4.79 Å². The van der Waals surface area contributed by atoms with E-state index in [-0.39, 0.29) is 27.9 Å². The van der Waals surface area contributed by atoms with Gasteiger partial charge in [-0.1, -0.05) is 23.8 Å². The van der Waals surface area contributed by atoms with E-state index in [1.165, 1.54) is 44.6 Å². The maximum Gasteiger partial charge on any atom is 0.339 e. The van der Waals surface area contributed by atoms with Crippen molar-refractivity contribution in [3.05, 3.63) is 83.1 Å². The molecule has 0 N–H and O–H groups in total. The number of Topliss-reactive ketones (excluding diaryl/α,β-unsaturated/α-hetero) is 1. The first-order chi connectivity index (χ1) is 15.3. The predicted octanol–water partition coefficient (Wildman–Crippen LogP) is 4.40. The Bertz CT molecular complexity index is 1320. The van der Waals surface area contributed by atoms with Gasteiger partial charge >= 0.3 is 10.1 Å². The van der Waals surface area contributed by atoms with Gasteiger partial charge in [0.25, 0.3) is 0 Å². The van der Waals surface area contributed by atoms with Crippen LogP contribution in [-0.2, 0) is 10.1 Å². The summed E-state index contributed by atoms with van der Waals surface area (Å²) in [5.41, 5.74) is 1.93. The molecule has 0 atom stereocenters. The molecule has 0 bridgehead atoms. The summed E-state index contributed by atoms with van der Waals surface area (Å²) in [4.78, 5) is 12.8. The SMILES string of the molecule is COc1ccc(/C=C2\Oc3cc(OS(=O)(=O)c4ccc(C)cc4)ccc3C2=O)cc1OC. The molecule has 1 heterocycles. The molecule has 0 spiro atoms. The van der Waals surface area contributed by atoms with E-state index in [1.54, 1.807) is 36.4 Å². The van der Waals surface area contributed by atoms with Crippen LogP contribution in [0.3, 0.4) is 0 Å². The van der Waals surface area contributed by atoms with Crippen LogP contribution in [0.15, 0.2) is 71.3 Å². The number of allylic oxidation sites excluding steroid dienone is 1. The number of ketones is 1. The van der Waals surface area contributed by atoms with Gasteiger partial charge in [0.1, 0.15) is 16.4 Å². The molecular weight excluding hydrogens is 432 g/mol. The van der Waals surface area contributed by atoms with Gasteiger partial charge in [-0.05, 0) is 55.0 Å². The van der Waals surface area contributed by atoms with E-state index in [4.69, 9.17) is 18.4 Å². The molecule has 0 aliphatic carbocycles. The Morgan fingerprint density at radius 1 is 0.875 bits per heavy atom. The minimum atomic E-state index is -4.02. The molecule has 164 valence electrons. The summed E-state index contributed by atoms with van der Waals surface area (Å²) in [5, 5.41) is 0. The fourth-order valence-corrected chi connectivity index (χ4v) is 4.12. The van der Waals surface area contributed by atoms with E-state index >= 15 is 0 Å². The van der Waals surface area contributed by atoms with Crippen molar-refractivity contribution in [1.29, 1.82) is 0 Å². The normalized spacial score (nSPS) is 14.1. The summed E-state index contributed by atoms with van der Waals surface area (Å²) in [7, 11) is -0.960. The first kappa shape index (κ1) is 21.5. The second-order valence-electron chi connectivity index (χ2n) is 7.06. The van der Waals surface area contributed by atoms with Gasteiger partial charge < -0.3 is 18.4 Å². The molecule has 3 aromatic rings. The molecule has 0 saturated carbocycles. The average molecular weight is 452 g/mol. The minimum Gasteiger partial charge on any atom is -0.493 e. The van der Waals surface area contributed by atoms with E-state index in [2.05, 4.69) is 0 Å². The van der Waals surface area contributed by atoms with Gasteiger partial charge in [0.2, 0.25) is 5.78 Å². The van der Waals surface area contributed by atoms with E-state index in [0.717, 1.165) is 5.56 Å². The number of benzene rings is 3. The van der Waals surface area contributed by atoms with Crippen LogP contribution in [0.1, 0.15) is 21.5 Å². The summed E-state index contributed by atoms with van der Waals surface area (Å²) < 4.78 is 46.5. The number of aryl methyl sites for hydroxylation is 1. The largest absolute Gasteiger partial charge is 0.493 e. The number of carbonyl (C=O) groups excluding carboxylic acids is 1. The number of carbonyl (C=O) groups is 1. The van der Waals surface area contributed by atoms with Crippen LogP contribution in [0.2, 0.25) is 0 Å². The molecule has 0 aromatic heterocycles. The highest BCUT2D eigenvalue weighted by atomic mass is 32.2. The van der Waals surface area contributed by atoms with Crippen molar-refractivity contribution in [2.45, 2.75) is 11.8 Å². The van der Waals surface area contributed by atoms with E-state index in [9.17, 15) is 13.2 Å². The fraction of sp³-hybridized carbons (Fsp3) is 0.125. The van der Waals surface area contributed by atoms with Crippen molar-refractivity contribution in [2.75, 3.05) is 14.2 Å². The van der Waals surface area contributed by atoms with Crippen molar-refractivity contribution in [3.63, 3.8) is 0 Å². The van der Waals surface area contributed by atoms with Crippen LogP contribution in [0.5, 0.6) is 23.0 Å². The molecule has 4 rings (SSSR count). The summed E-state index contributed by atoms with van der Waals surface area (Å²) in [6.45, 7) is 1.86. The van der Waals surface area contributed by atoms with Gasteiger partial charge in [-0.25, -0.2) is 0 Å². The lowest BCUT2D eigenvalue weighted by Crippen LogP contribution is -2.09. The smallest absolute Gasteiger partial charge is 0.339 e. The average Bonchev–Trinajstić information content (AvgIpc) is 3.08. The Morgan fingerprint density at radius 3 is 2.28 bits per heavy atom. The quantitative estimate of drug-likeness (QED) is 0.405. The molecule has 0 amide bonds. The predicted molar refractivity (Wildman–Crippen MR) is 118 cm³/mol. The van der Waals surface area contributed by atoms with Gasteiger partial charge in [-0.15, -0.1) is 0 Å². The molecule has 32 heavy (non-hydrogen) atoms. The lowest BCUT2D eigenvalue weighted by molar-refractivity contribution is 0.101. The van der Waals surface area contributed by atoms with Crippen molar-refractivity contribution in [2.24, 2.45) is 0 Å². The Hall–Kier alpha value is -3.78. The third-order valence-electron chi connectivity index (χ3n) is 4.86. The lowest BCUT2D eigenvalue weighted by Gasteiger charge is -2.08. The number of hydrogen-bond acceptors (Lipinski definition) is 7. The van der Waals surface area contributed by atoms with Gasteiger partial charge in [0.05, 0.1) is 19.8 Å². The molecule has 3 aromatic carbocycles. The molecule has 8 heteroatoms. The second-order valence-corrected chi connectivity index (χ2v) is 8.61. The first-order valence-corrected chi connectivity index (χ1v) is 11.0. The van der Waals surface area contributed by atoms with Crippen LogP contribution in [-0.4, -0.2) is 28.4 Å². The van der Waals surface area contributed by atoms with E-state index in [0.29, 0.717) is 22.6 Å². The standard InChI is InChI=1S/C24H20O7S/c1-15-4-8-18(9-5-15)32(26,27)31-17-7-10-19-21(14-17)30-23(24(19)25)13-16-6-11-20(28-2)22(12-16)29-3/h4-14H,1-3H3/b23-13-. The molecular formula is C24H20O7S. The molecule has 7 nitrogen and oxygen atoms in total. The molecule has 0 saturated heterocycles. The van der Waals surface area contributed by atoms with Gasteiger partial charge in [0, 0.05) is 6.07 Å². The number of fused-ring (bicyclic) bond motifs is 1. The minimum absolute atomic E-state index is 0.0367. The van der Waals surface area contributed by atoms with Crippen LogP contribution in [0, 0.1) is 6.92 Å². The number of methoxy groups -OCH3 is 2. The third kappa shape index (κ3) is 4.17. The zero-order valence-corrected chi connectivity index (χ0v) is 18.4. The van der Waals surface area contributed by atoms with E-state index in [1.807, 2.05) is 6.92 Å². The summed E-state index contributed by atoms with van der Waals surface area (Å²) in [6, 6.07) is 15.8. The van der Waals surface area contributed by atoms with Gasteiger partial charge in [-0.2, -0.15) is 8.42 Å². The van der Waals surface area contributed by atoms with Gasteiger partial charge in [0.15, 0.2) is 17.3 Å². The summed E-state index contributed by atoms with van der Waals surface area (Å²) in [5.74, 6) is 1.13. The fourth-order valence-electron chi connectivity index (χ4n) is 3.19. The monoisotopic (exact) mass is 452 g/mol. The Labute approximate surface area is 185 Å². The highest BCUT2D eigenvalue weighted by Crippen LogP contribution is 2.36. The Morgan fingerprint density at radius 2 is 1.59 bits per heavy atom. The van der Waals surface area contributed by atoms with Crippen LogP contribution < -0.4 is 18.4 Å². The molecule has 0 radical (unpaired) electrons. The van der Waals surface area contributed by atoms with Crippen molar-refractivity contribution < 1.29 is 31.6 Å². The summed E-state index contributed by atoms with van der Waals surface area (Å²) in [6.07, 6.45) is 1.58. The lowest BCUT2D eigenvalue weighted by atomic mass is 10.1.